The second-order valence-electron chi connectivity index (χ2n) is 7.05. The van der Waals surface area contributed by atoms with Crippen LogP contribution in [0.15, 0.2) is 53.1 Å². The monoisotopic (exact) mass is 435 g/mol. The van der Waals surface area contributed by atoms with Gasteiger partial charge in [0.15, 0.2) is 0 Å². The fraction of sp³-hybridized carbons (Fsp3) is 0.286. The van der Waals surface area contributed by atoms with Crippen LogP contribution in [0.1, 0.15) is 47.1 Å². The summed E-state index contributed by atoms with van der Waals surface area (Å²) in [6.45, 7) is 0.401. The van der Waals surface area contributed by atoms with Crippen LogP contribution >= 0.6 is 11.6 Å². The molecular weight excluding hydrogens is 419 g/mol. The Balaban J connectivity index is 1.61. The summed E-state index contributed by atoms with van der Waals surface area (Å²) in [4.78, 5) is 19.0. The minimum Gasteiger partial charge on any atom is -0.337 e. The molecular formula is C21H17ClF3N3O2. The Morgan fingerprint density at radius 2 is 1.90 bits per heavy atom. The van der Waals surface area contributed by atoms with E-state index in [1.54, 1.807) is 24.3 Å². The van der Waals surface area contributed by atoms with Crippen LogP contribution in [-0.2, 0) is 6.18 Å². The van der Waals surface area contributed by atoms with Gasteiger partial charge in [-0.2, -0.15) is 18.2 Å². The van der Waals surface area contributed by atoms with Crippen molar-refractivity contribution in [3.05, 3.63) is 70.6 Å². The van der Waals surface area contributed by atoms with E-state index in [4.69, 9.17) is 16.1 Å². The maximum absolute atomic E-state index is 13.0. The first-order chi connectivity index (χ1) is 14.3. The molecule has 3 aromatic rings. The third kappa shape index (κ3) is 4.18. The van der Waals surface area contributed by atoms with E-state index in [0.717, 1.165) is 25.0 Å². The van der Waals surface area contributed by atoms with Crippen molar-refractivity contribution in [1.29, 1.82) is 0 Å². The molecule has 2 aromatic carbocycles. The van der Waals surface area contributed by atoms with E-state index >= 15 is 0 Å². The maximum atomic E-state index is 13.0. The molecule has 0 aliphatic carbocycles. The van der Waals surface area contributed by atoms with Gasteiger partial charge < -0.3 is 9.42 Å². The highest BCUT2D eigenvalue weighted by Crippen LogP contribution is 2.34. The molecule has 1 amide bonds. The summed E-state index contributed by atoms with van der Waals surface area (Å²) in [6, 6.07) is 10.9. The second kappa shape index (κ2) is 8.10. The fourth-order valence-electron chi connectivity index (χ4n) is 3.51. The molecule has 0 N–H and O–H groups in total. The number of nitrogens with zero attached hydrogens (tertiary/aromatic N) is 3. The first-order valence-corrected chi connectivity index (χ1v) is 9.78. The van der Waals surface area contributed by atoms with Gasteiger partial charge in [-0.15, -0.1) is 0 Å². The van der Waals surface area contributed by atoms with Crippen LogP contribution in [0, 0.1) is 0 Å². The van der Waals surface area contributed by atoms with Crippen LogP contribution in [0.2, 0.25) is 5.02 Å². The SMILES string of the molecule is O=C(c1cccc(C(F)(F)F)c1)N1CCCCC1c1nc(-c2ccc(Cl)cc2)no1. The van der Waals surface area contributed by atoms with Gasteiger partial charge in [-0.3, -0.25) is 4.79 Å². The molecule has 4 rings (SSSR count). The molecule has 1 fully saturated rings. The standard InChI is InChI=1S/C21H17ClF3N3O2/c22-16-9-7-13(8-10-16)18-26-19(30-27-18)17-6-1-2-11-28(17)20(29)14-4-3-5-15(12-14)21(23,24)25/h3-5,7-10,12,17H,1-2,6,11H2. The molecule has 30 heavy (non-hydrogen) atoms. The number of halogens is 4. The predicted molar refractivity (Wildman–Crippen MR) is 104 cm³/mol. The largest absolute Gasteiger partial charge is 0.416 e. The van der Waals surface area contributed by atoms with Crippen LogP contribution in [0.25, 0.3) is 11.4 Å². The van der Waals surface area contributed by atoms with Crippen LogP contribution in [-0.4, -0.2) is 27.5 Å². The third-order valence-electron chi connectivity index (χ3n) is 5.03. The highest BCUT2D eigenvalue weighted by atomic mass is 35.5. The minimum absolute atomic E-state index is 0.0193. The summed E-state index contributed by atoms with van der Waals surface area (Å²) < 4.78 is 44.5. The number of carbonyl (C=O) groups is 1. The van der Waals surface area contributed by atoms with Gasteiger partial charge in [0.1, 0.15) is 6.04 Å². The number of amides is 1. The number of alkyl halides is 3. The molecule has 9 heteroatoms. The first-order valence-electron chi connectivity index (χ1n) is 9.41. The average molecular weight is 436 g/mol. The molecule has 0 bridgehead atoms. The maximum Gasteiger partial charge on any atom is 0.416 e. The Bertz CT molecular complexity index is 1050. The number of likely N-dealkylation sites (tertiary alicyclic amines) is 1. The Hall–Kier alpha value is -2.87. The third-order valence-corrected chi connectivity index (χ3v) is 5.28. The first kappa shape index (κ1) is 20.4. The van der Waals surface area contributed by atoms with Gasteiger partial charge in [-0.05, 0) is 61.7 Å². The zero-order chi connectivity index (χ0) is 21.3. The molecule has 5 nitrogen and oxygen atoms in total. The molecule has 1 saturated heterocycles. The lowest BCUT2D eigenvalue weighted by molar-refractivity contribution is -0.137. The highest BCUT2D eigenvalue weighted by Gasteiger charge is 2.35. The predicted octanol–water partition coefficient (Wildman–Crippen LogP) is 5.78. The van der Waals surface area contributed by atoms with Crippen molar-refractivity contribution in [2.45, 2.75) is 31.5 Å². The van der Waals surface area contributed by atoms with E-state index in [9.17, 15) is 18.0 Å². The highest BCUT2D eigenvalue weighted by molar-refractivity contribution is 6.30. The molecule has 1 aromatic heterocycles. The smallest absolute Gasteiger partial charge is 0.337 e. The molecule has 156 valence electrons. The molecule has 0 radical (unpaired) electrons. The Kier molecular flexibility index (Phi) is 5.51. The minimum atomic E-state index is -4.52. The van der Waals surface area contributed by atoms with Crippen molar-refractivity contribution < 1.29 is 22.5 Å². The molecule has 1 unspecified atom stereocenters. The molecule has 1 atom stereocenters. The summed E-state index contributed by atoms with van der Waals surface area (Å²) >= 11 is 5.90. The van der Waals surface area contributed by atoms with Crippen LogP contribution in [0.4, 0.5) is 13.2 Å². The summed E-state index contributed by atoms with van der Waals surface area (Å²) in [7, 11) is 0. The lowest BCUT2D eigenvalue weighted by Gasteiger charge is -2.33. The van der Waals surface area contributed by atoms with Crippen LogP contribution in [0.5, 0.6) is 0 Å². The van der Waals surface area contributed by atoms with Gasteiger partial charge in [0.2, 0.25) is 11.7 Å². The zero-order valence-electron chi connectivity index (χ0n) is 15.7. The Labute approximate surface area is 175 Å². The van der Waals surface area contributed by atoms with Gasteiger partial charge in [0.25, 0.3) is 5.91 Å². The summed E-state index contributed by atoms with van der Waals surface area (Å²) in [5, 5.41) is 4.56. The zero-order valence-corrected chi connectivity index (χ0v) is 16.5. The van der Waals surface area contributed by atoms with Gasteiger partial charge in [-0.1, -0.05) is 22.8 Å². The second-order valence-corrected chi connectivity index (χ2v) is 7.49. The Morgan fingerprint density at radius 1 is 1.13 bits per heavy atom. The summed E-state index contributed by atoms with van der Waals surface area (Å²) in [6.07, 6.45) is -2.33. The lowest BCUT2D eigenvalue weighted by atomic mass is 10.00. The molecule has 0 saturated carbocycles. The fourth-order valence-corrected chi connectivity index (χ4v) is 3.64. The number of aromatic nitrogens is 2. The van der Waals surface area contributed by atoms with E-state index in [2.05, 4.69) is 10.1 Å². The molecule has 1 aliphatic heterocycles. The van der Waals surface area contributed by atoms with Gasteiger partial charge in [0, 0.05) is 22.7 Å². The van der Waals surface area contributed by atoms with Gasteiger partial charge in [-0.25, -0.2) is 0 Å². The quantitative estimate of drug-likeness (QED) is 0.523. The number of hydrogen-bond donors (Lipinski definition) is 0. The van der Waals surface area contributed by atoms with Crippen molar-refractivity contribution in [2.75, 3.05) is 6.54 Å². The van der Waals surface area contributed by atoms with Gasteiger partial charge >= 0.3 is 6.18 Å². The number of carbonyl (C=O) groups excluding carboxylic acids is 1. The summed E-state index contributed by atoms with van der Waals surface area (Å²) in [5.41, 5.74) is -0.167. The van der Waals surface area contributed by atoms with E-state index < -0.39 is 23.7 Å². The van der Waals surface area contributed by atoms with Crippen molar-refractivity contribution in [3.63, 3.8) is 0 Å². The van der Waals surface area contributed by atoms with Crippen LogP contribution in [0.3, 0.4) is 0 Å². The summed E-state index contributed by atoms with van der Waals surface area (Å²) in [5.74, 6) is 0.135. The number of piperidine rings is 1. The average Bonchev–Trinajstić information content (AvgIpc) is 3.23. The van der Waals surface area contributed by atoms with Crippen LogP contribution < -0.4 is 0 Å². The van der Waals surface area contributed by atoms with Crippen molar-refractivity contribution in [3.8, 4) is 11.4 Å². The van der Waals surface area contributed by atoms with E-state index in [1.807, 2.05) is 0 Å². The number of hydrogen-bond acceptors (Lipinski definition) is 4. The molecule has 2 heterocycles. The van der Waals surface area contributed by atoms with Gasteiger partial charge in [0.05, 0.1) is 5.56 Å². The van der Waals surface area contributed by atoms with Crippen molar-refractivity contribution >= 4 is 17.5 Å². The lowest BCUT2D eigenvalue weighted by Crippen LogP contribution is -2.38. The molecule has 1 aliphatic rings. The van der Waals surface area contributed by atoms with E-state index in [-0.39, 0.29) is 11.5 Å². The van der Waals surface area contributed by atoms with E-state index in [0.29, 0.717) is 29.4 Å². The van der Waals surface area contributed by atoms with Crippen molar-refractivity contribution in [2.24, 2.45) is 0 Å². The number of benzene rings is 2. The normalized spacial score (nSPS) is 17.2. The van der Waals surface area contributed by atoms with Crippen molar-refractivity contribution in [1.82, 2.24) is 15.0 Å². The topological polar surface area (TPSA) is 59.2 Å². The number of rotatable bonds is 3. The van der Waals surface area contributed by atoms with E-state index in [1.165, 1.54) is 17.0 Å². The Morgan fingerprint density at radius 3 is 2.63 bits per heavy atom. The molecule has 0 spiro atoms.